The number of sulfonamides is 1. The predicted octanol–water partition coefficient (Wildman–Crippen LogP) is 5.94. The van der Waals surface area contributed by atoms with Gasteiger partial charge >= 0.3 is 0 Å². The van der Waals surface area contributed by atoms with Crippen LogP contribution in [0.15, 0.2) is 102 Å². The third-order valence-corrected chi connectivity index (χ3v) is 9.49. The molecule has 0 aromatic heterocycles. The summed E-state index contributed by atoms with van der Waals surface area (Å²) in [6.45, 7) is 7.11. The summed E-state index contributed by atoms with van der Waals surface area (Å²) < 4.78 is 41.2. The Morgan fingerprint density at radius 2 is 1.67 bits per heavy atom. The third-order valence-electron chi connectivity index (χ3n) is 8.09. The number of aliphatic hydroxyl groups is 1. The van der Waals surface area contributed by atoms with E-state index < -0.39 is 16.1 Å². The Balaban J connectivity index is 1.34. The molecule has 4 aromatic rings. The van der Waals surface area contributed by atoms with Gasteiger partial charge in [-0.2, -0.15) is 0 Å². The summed E-state index contributed by atoms with van der Waals surface area (Å²) >= 11 is 0. The highest BCUT2D eigenvalue weighted by Crippen LogP contribution is 2.32. The van der Waals surface area contributed by atoms with E-state index in [4.69, 9.17) is 9.47 Å². The number of rotatable bonds is 11. The van der Waals surface area contributed by atoms with Crippen molar-refractivity contribution in [1.29, 1.82) is 0 Å². The van der Waals surface area contributed by atoms with E-state index >= 15 is 0 Å². The minimum atomic E-state index is -3.88. The van der Waals surface area contributed by atoms with Gasteiger partial charge in [0.1, 0.15) is 23.4 Å². The predicted molar refractivity (Wildman–Crippen MR) is 179 cm³/mol. The van der Waals surface area contributed by atoms with Gasteiger partial charge in [-0.15, -0.1) is 0 Å². The van der Waals surface area contributed by atoms with Gasteiger partial charge in [0.25, 0.3) is 15.9 Å². The van der Waals surface area contributed by atoms with Gasteiger partial charge in [-0.1, -0.05) is 55.0 Å². The van der Waals surface area contributed by atoms with E-state index in [2.05, 4.69) is 9.62 Å². The standard InChI is InChI=1S/C36H41N3O6S/c1-25-10-17-32(18-11-25)46(42,43)37-29-14-19-34-33(20-29)36(41)39(27(3)24-40)21-26(2)35(45-34)23-38(4)22-28-12-15-31(16-13-28)44-30-8-6-5-7-9-30/h5-20,26-27,35,37,40H,21-24H2,1-4H3/t26-,27-,35-/m0/s1. The highest BCUT2D eigenvalue weighted by Gasteiger charge is 2.33. The molecule has 242 valence electrons. The van der Waals surface area contributed by atoms with Gasteiger partial charge in [0, 0.05) is 31.2 Å². The number of aliphatic hydroxyl groups excluding tert-OH is 1. The van der Waals surface area contributed by atoms with E-state index in [1.807, 2.05) is 75.5 Å². The fourth-order valence-corrected chi connectivity index (χ4v) is 6.46. The minimum absolute atomic E-state index is 0.0603. The molecule has 1 aliphatic rings. The van der Waals surface area contributed by atoms with Crippen LogP contribution in [0.25, 0.3) is 0 Å². The van der Waals surface area contributed by atoms with Crippen LogP contribution < -0.4 is 14.2 Å². The maximum atomic E-state index is 13.8. The maximum absolute atomic E-state index is 13.8. The fourth-order valence-electron chi connectivity index (χ4n) is 5.41. The van der Waals surface area contributed by atoms with Gasteiger partial charge in [-0.25, -0.2) is 8.42 Å². The van der Waals surface area contributed by atoms with Crippen LogP contribution in [0.2, 0.25) is 0 Å². The number of amides is 1. The lowest BCUT2D eigenvalue weighted by atomic mass is 9.99. The molecular weight excluding hydrogens is 602 g/mol. The summed E-state index contributed by atoms with van der Waals surface area (Å²) in [5.74, 6) is 1.52. The highest BCUT2D eigenvalue weighted by molar-refractivity contribution is 7.92. The molecular formula is C36H41N3O6S. The number of hydrogen-bond acceptors (Lipinski definition) is 7. The molecule has 2 N–H and O–H groups in total. The van der Waals surface area contributed by atoms with Crippen LogP contribution in [0.5, 0.6) is 17.2 Å². The lowest BCUT2D eigenvalue weighted by Gasteiger charge is -2.38. The summed E-state index contributed by atoms with van der Waals surface area (Å²) in [5, 5.41) is 10.00. The van der Waals surface area contributed by atoms with Crippen molar-refractivity contribution in [2.24, 2.45) is 5.92 Å². The maximum Gasteiger partial charge on any atom is 0.261 e. The van der Waals surface area contributed by atoms with Gasteiger partial charge in [0.2, 0.25) is 0 Å². The van der Waals surface area contributed by atoms with Crippen LogP contribution in [0.1, 0.15) is 35.3 Å². The van der Waals surface area contributed by atoms with Crippen molar-refractivity contribution in [2.45, 2.75) is 44.4 Å². The van der Waals surface area contributed by atoms with Crippen LogP contribution in [0.4, 0.5) is 5.69 Å². The second-order valence-corrected chi connectivity index (χ2v) is 13.7. The van der Waals surface area contributed by atoms with Crippen LogP contribution in [-0.4, -0.2) is 68.1 Å². The molecule has 9 nitrogen and oxygen atoms in total. The van der Waals surface area contributed by atoms with Crippen molar-refractivity contribution in [3.63, 3.8) is 0 Å². The van der Waals surface area contributed by atoms with E-state index in [1.54, 1.807) is 48.2 Å². The SMILES string of the molecule is Cc1ccc(S(=O)(=O)Nc2ccc3c(c2)C(=O)N([C@@H](C)CO)C[C@H](C)[C@H](CN(C)Cc2ccc(Oc4ccccc4)cc2)O3)cc1. The number of carbonyl (C=O) groups is 1. The molecule has 0 aliphatic carbocycles. The molecule has 0 spiro atoms. The first kappa shape index (κ1) is 33.0. The van der Waals surface area contributed by atoms with E-state index in [1.165, 1.54) is 6.07 Å². The number of fused-ring (bicyclic) bond motifs is 1. The van der Waals surface area contributed by atoms with Gasteiger partial charge < -0.3 is 19.5 Å². The van der Waals surface area contributed by atoms with Gasteiger partial charge in [-0.05, 0) is 81.1 Å². The molecule has 0 saturated heterocycles. The van der Waals surface area contributed by atoms with Crippen LogP contribution in [0.3, 0.4) is 0 Å². The number of carbonyl (C=O) groups excluding carboxylic acids is 1. The fraction of sp³-hybridized carbons (Fsp3) is 0.306. The highest BCUT2D eigenvalue weighted by atomic mass is 32.2. The second-order valence-electron chi connectivity index (χ2n) is 12.0. The first-order valence-electron chi connectivity index (χ1n) is 15.3. The summed E-state index contributed by atoms with van der Waals surface area (Å²) in [6.07, 6.45) is -0.291. The lowest BCUT2D eigenvalue weighted by Crippen LogP contribution is -2.49. The number of nitrogens with zero attached hydrogens (tertiary/aromatic N) is 2. The largest absolute Gasteiger partial charge is 0.488 e. The molecule has 1 amide bonds. The van der Waals surface area contributed by atoms with Gasteiger partial charge in [0.05, 0.1) is 23.1 Å². The van der Waals surface area contributed by atoms with E-state index in [9.17, 15) is 18.3 Å². The Morgan fingerprint density at radius 1 is 1.00 bits per heavy atom. The third kappa shape index (κ3) is 8.06. The minimum Gasteiger partial charge on any atom is -0.488 e. The summed E-state index contributed by atoms with van der Waals surface area (Å²) in [5.41, 5.74) is 2.53. The monoisotopic (exact) mass is 643 g/mol. The average Bonchev–Trinajstić information content (AvgIpc) is 3.04. The Kier molecular flexibility index (Phi) is 10.3. The number of nitrogens with one attached hydrogen (secondary N) is 1. The van der Waals surface area contributed by atoms with E-state index in [0.717, 1.165) is 22.6 Å². The summed E-state index contributed by atoms with van der Waals surface area (Å²) in [4.78, 5) is 17.7. The molecule has 1 heterocycles. The second kappa shape index (κ2) is 14.4. The molecule has 0 fully saturated rings. The molecule has 0 bridgehead atoms. The topological polar surface area (TPSA) is 108 Å². The molecule has 46 heavy (non-hydrogen) atoms. The number of ether oxygens (including phenoxy) is 2. The normalized spacial score (nSPS) is 17.4. The van der Waals surface area contributed by atoms with Crippen molar-refractivity contribution >= 4 is 21.6 Å². The van der Waals surface area contributed by atoms with Crippen LogP contribution in [0, 0.1) is 12.8 Å². The molecule has 4 aromatic carbocycles. The van der Waals surface area contributed by atoms with Gasteiger partial charge in [0.15, 0.2) is 0 Å². The number of likely N-dealkylation sites (N-methyl/N-ethyl adjacent to an activating group) is 1. The zero-order valence-electron chi connectivity index (χ0n) is 26.6. The first-order valence-corrected chi connectivity index (χ1v) is 16.8. The Labute approximate surface area is 271 Å². The summed E-state index contributed by atoms with van der Waals surface area (Å²) in [6, 6.07) is 28.5. The average molecular weight is 644 g/mol. The van der Waals surface area contributed by atoms with Crippen LogP contribution >= 0.6 is 0 Å². The molecule has 3 atom stereocenters. The van der Waals surface area contributed by atoms with Crippen molar-refractivity contribution in [3.05, 3.63) is 114 Å². The number of hydrogen-bond donors (Lipinski definition) is 2. The molecule has 0 unspecified atom stereocenters. The molecule has 0 saturated carbocycles. The lowest BCUT2D eigenvalue weighted by molar-refractivity contribution is 0.0341. The molecule has 10 heteroatoms. The Bertz CT molecular complexity index is 1730. The van der Waals surface area contributed by atoms with Crippen molar-refractivity contribution in [3.8, 4) is 17.2 Å². The Hall–Kier alpha value is -4.38. The summed E-state index contributed by atoms with van der Waals surface area (Å²) in [7, 11) is -1.86. The number of aryl methyl sites for hydroxylation is 1. The van der Waals surface area contributed by atoms with E-state index in [0.29, 0.717) is 25.4 Å². The zero-order chi connectivity index (χ0) is 32.8. The zero-order valence-corrected chi connectivity index (χ0v) is 27.4. The first-order chi connectivity index (χ1) is 22.0. The van der Waals surface area contributed by atoms with E-state index in [-0.39, 0.29) is 40.7 Å². The smallest absolute Gasteiger partial charge is 0.261 e. The number of anilines is 1. The number of benzene rings is 4. The molecule has 5 rings (SSSR count). The molecule has 1 aliphatic heterocycles. The quantitative estimate of drug-likeness (QED) is 0.208. The molecule has 0 radical (unpaired) electrons. The van der Waals surface area contributed by atoms with Crippen LogP contribution in [-0.2, 0) is 16.6 Å². The van der Waals surface area contributed by atoms with Crippen molar-refractivity contribution in [2.75, 3.05) is 31.5 Å². The van der Waals surface area contributed by atoms with Crippen molar-refractivity contribution in [1.82, 2.24) is 9.80 Å². The number of para-hydroxylation sites is 1. The Morgan fingerprint density at radius 3 is 2.35 bits per heavy atom. The van der Waals surface area contributed by atoms with Crippen molar-refractivity contribution < 1.29 is 27.8 Å². The van der Waals surface area contributed by atoms with Gasteiger partial charge in [-0.3, -0.25) is 14.4 Å².